The molecule has 7 heteroatoms. The normalized spacial score (nSPS) is 10.7. The van der Waals surface area contributed by atoms with E-state index in [0.29, 0.717) is 35.5 Å². The van der Waals surface area contributed by atoms with Gasteiger partial charge in [-0.15, -0.1) is 0 Å². The third-order valence-corrected chi connectivity index (χ3v) is 3.72. The first-order valence-electron chi connectivity index (χ1n) is 8.19. The molecule has 0 atom stereocenters. The number of benzene rings is 2. The van der Waals surface area contributed by atoms with Crippen LogP contribution in [-0.4, -0.2) is 16.4 Å². The van der Waals surface area contributed by atoms with Crippen LogP contribution in [0.3, 0.4) is 0 Å². The monoisotopic (exact) mass is 354 g/mol. The van der Waals surface area contributed by atoms with Crippen LogP contribution < -0.4 is 15.8 Å². The lowest BCUT2D eigenvalue weighted by atomic mass is 10.2. The number of oxazole rings is 1. The number of anilines is 1. The zero-order valence-corrected chi connectivity index (χ0v) is 14.2. The summed E-state index contributed by atoms with van der Waals surface area (Å²) in [4.78, 5) is 34.9. The van der Waals surface area contributed by atoms with Gasteiger partial charge in [0.25, 0.3) is 0 Å². The van der Waals surface area contributed by atoms with Gasteiger partial charge < -0.3 is 14.5 Å². The van der Waals surface area contributed by atoms with Crippen LogP contribution in [0, 0.1) is 0 Å². The van der Waals surface area contributed by atoms with Gasteiger partial charge in [-0.2, -0.15) is 0 Å². The maximum absolute atomic E-state index is 12.0. The van der Waals surface area contributed by atoms with Crippen molar-refractivity contribution in [2.75, 3.05) is 5.32 Å². The number of esters is 1. The molecule has 3 rings (SSSR count). The maximum atomic E-state index is 12.0. The van der Waals surface area contributed by atoms with Crippen molar-refractivity contribution < 1.29 is 18.7 Å². The first-order valence-corrected chi connectivity index (χ1v) is 8.19. The van der Waals surface area contributed by atoms with Crippen LogP contribution in [0.2, 0.25) is 0 Å². The number of hydrogen-bond acceptors (Lipinski definition) is 5. The van der Waals surface area contributed by atoms with Crippen LogP contribution in [0.25, 0.3) is 11.1 Å². The molecule has 0 spiro atoms. The quantitative estimate of drug-likeness (QED) is 0.543. The number of carbonyl (C=O) groups excluding carboxylic acids is 2. The van der Waals surface area contributed by atoms with E-state index in [9.17, 15) is 14.4 Å². The zero-order valence-electron chi connectivity index (χ0n) is 14.2. The van der Waals surface area contributed by atoms with Crippen LogP contribution in [0.1, 0.15) is 19.8 Å². The van der Waals surface area contributed by atoms with E-state index >= 15 is 0 Å². The van der Waals surface area contributed by atoms with E-state index < -0.39 is 11.7 Å². The number of fused-ring (bicyclic) bond motifs is 1. The van der Waals surface area contributed by atoms with Crippen molar-refractivity contribution in [2.45, 2.75) is 26.3 Å². The summed E-state index contributed by atoms with van der Waals surface area (Å²) in [6.07, 6.45) is 0.587. The number of hydrogen-bond donors (Lipinski definition) is 1. The Balaban J connectivity index is 1.57. The molecule has 0 saturated heterocycles. The molecule has 7 nitrogen and oxygen atoms in total. The van der Waals surface area contributed by atoms with Gasteiger partial charge in [-0.25, -0.2) is 4.79 Å². The number of ether oxygens (including phenoxy) is 1. The van der Waals surface area contributed by atoms with Crippen molar-refractivity contribution in [3.63, 3.8) is 0 Å². The van der Waals surface area contributed by atoms with Gasteiger partial charge in [0.1, 0.15) is 5.75 Å². The fourth-order valence-electron chi connectivity index (χ4n) is 2.63. The Bertz CT molecular complexity index is 1000. The van der Waals surface area contributed by atoms with Crippen LogP contribution in [-0.2, 0) is 16.1 Å². The van der Waals surface area contributed by atoms with E-state index in [-0.39, 0.29) is 12.3 Å². The summed E-state index contributed by atoms with van der Waals surface area (Å²) < 4.78 is 11.9. The average Bonchev–Trinajstić information content (AvgIpc) is 2.90. The minimum Gasteiger partial charge on any atom is -0.426 e. The fourth-order valence-corrected chi connectivity index (χ4v) is 2.63. The van der Waals surface area contributed by atoms with Gasteiger partial charge in [-0.3, -0.25) is 14.2 Å². The molecule has 1 amide bonds. The second kappa shape index (κ2) is 7.69. The largest absolute Gasteiger partial charge is 0.426 e. The Morgan fingerprint density at radius 2 is 1.96 bits per heavy atom. The van der Waals surface area contributed by atoms with Crippen LogP contribution >= 0.6 is 0 Å². The number of rotatable bonds is 6. The Labute approximate surface area is 149 Å². The number of amides is 1. The summed E-state index contributed by atoms with van der Waals surface area (Å²) in [5.74, 6) is -0.702. The molecule has 0 unspecified atom stereocenters. The minimum atomic E-state index is -0.442. The molecule has 134 valence electrons. The van der Waals surface area contributed by atoms with Gasteiger partial charge in [-0.05, 0) is 30.7 Å². The molecule has 2 aromatic carbocycles. The van der Waals surface area contributed by atoms with E-state index in [1.165, 1.54) is 11.5 Å². The summed E-state index contributed by atoms with van der Waals surface area (Å²) in [6, 6.07) is 13.7. The Kier molecular flexibility index (Phi) is 5.17. The Hall–Kier alpha value is -3.35. The predicted octanol–water partition coefficient (Wildman–Crippen LogP) is 2.94. The number of para-hydroxylation sites is 2. The minimum absolute atomic E-state index is 0.149. The molecule has 0 aliphatic heterocycles. The maximum Gasteiger partial charge on any atom is 0.419 e. The lowest BCUT2D eigenvalue weighted by Crippen LogP contribution is -2.16. The predicted molar refractivity (Wildman–Crippen MR) is 96.1 cm³/mol. The van der Waals surface area contributed by atoms with Crippen molar-refractivity contribution in [3.05, 3.63) is 59.1 Å². The van der Waals surface area contributed by atoms with Gasteiger partial charge >= 0.3 is 11.7 Å². The van der Waals surface area contributed by atoms with E-state index in [2.05, 4.69) is 5.32 Å². The molecular formula is C19H18N2O5. The second-order valence-electron chi connectivity index (χ2n) is 5.77. The van der Waals surface area contributed by atoms with E-state index in [4.69, 9.17) is 9.15 Å². The molecule has 0 saturated carbocycles. The molecule has 26 heavy (non-hydrogen) atoms. The van der Waals surface area contributed by atoms with Gasteiger partial charge in [-0.1, -0.05) is 18.2 Å². The van der Waals surface area contributed by atoms with Crippen molar-refractivity contribution in [1.82, 2.24) is 4.57 Å². The second-order valence-corrected chi connectivity index (χ2v) is 5.77. The number of nitrogens with zero attached hydrogens (tertiary/aromatic N) is 1. The number of carbonyl (C=O) groups is 2. The first-order chi connectivity index (χ1) is 12.5. The molecule has 1 N–H and O–H groups in total. The lowest BCUT2D eigenvalue weighted by Gasteiger charge is -2.07. The fraction of sp³-hybridized carbons (Fsp3) is 0.211. The van der Waals surface area contributed by atoms with Gasteiger partial charge in [0.15, 0.2) is 5.58 Å². The summed E-state index contributed by atoms with van der Waals surface area (Å²) >= 11 is 0. The molecule has 3 aromatic rings. The highest BCUT2D eigenvalue weighted by Gasteiger charge is 2.10. The SMILES string of the molecule is CC(=O)Nc1cccc(OC(=O)CCCn2c(=O)oc3ccccc32)c1. The molecule has 1 heterocycles. The standard InChI is InChI=1S/C19H18N2O5/c1-13(22)20-14-6-4-7-15(12-14)25-18(23)10-5-11-21-16-8-2-3-9-17(16)26-19(21)24/h2-4,6-9,12H,5,10-11H2,1H3,(H,20,22). The highest BCUT2D eigenvalue weighted by atomic mass is 16.5. The smallest absolute Gasteiger partial charge is 0.419 e. The van der Waals surface area contributed by atoms with Crippen molar-refractivity contribution in [3.8, 4) is 5.75 Å². The van der Waals surface area contributed by atoms with Crippen molar-refractivity contribution in [1.29, 1.82) is 0 Å². The summed E-state index contributed by atoms with van der Waals surface area (Å²) in [5, 5.41) is 2.62. The van der Waals surface area contributed by atoms with Crippen molar-refractivity contribution >= 4 is 28.7 Å². The topological polar surface area (TPSA) is 90.5 Å². The van der Waals surface area contributed by atoms with E-state index in [1.54, 1.807) is 42.5 Å². The highest BCUT2D eigenvalue weighted by molar-refractivity contribution is 5.89. The lowest BCUT2D eigenvalue weighted by molar-refractivity contribution is -0.134. The molecular weight excluding hydrogens is 336 g/mol. The van der Waals surface area contributed by atoms with E-state index in [1.807, 2.05) is 6.07 Å². The number of aromatic nitrogens is 1. The molecule has 0 bridgehead atoms. The average molecular weight is 354 g/mol. The van der Waals surface area contributed by atoms with Gasteiger partial charge in [0.05, 0.1) is 5.52 Å². The van der Waals surface area contributed by atoms with Crippen molar-refractivity contribution in [2.24, 2.45) is 0 Å². The molecule has 0 radical (unpaired) electrons. The summed E-state index contributed by atoms with van der Waals surface area (Å²) in [5.41, 5.74) is 1.78. The molecule has 0 fully saturated rings. The molecule has 0 aliphatic rings. The van der Waals surface area contributed by atoms with Gasteiger partial charge in [0, 0.05) is 31.6 Å². The zero-order chi connectivity index (χ0) is 18.5. The van der Waals surface area contributed by atoms with Crippen LogP contribution in [0.5, 0.6) is 5.75 Å². The van der Waals surface area contributed by atoms with Crippen LogP contribution in [0.4, 0.5) is 5.69 Å². The molecule has 1 aromatic heterocycles. The number of aryl methyl sites for hydroxylation is 1. The number of nitrogens with one attached hydrogen (secondary N) is 1. The first kappa shape index (κ1) is 17.5. The molecule has 0 aliphatic carbocycles. The highest BCUT2D eigenvalue weighted by Crippen LogP contribution is 2.18. The third kappa shape index (κ3) is 4.18. The summed E-state index contributed by atoms with van der Waals surface area (Å²) in [7, 11) is 0. The Morgan fingerprint density at radius 3 is 2.77 bits per heavy atom. The van der Waals surface area contributed by atoms with E-state index in [0.717, 1.165) is 0 Å². The Morgan fingerprint density at radius 1 is 1.15 bits per heavy atom. The third-order valence-electron chi connectivity index (χ3n) is 3.72. The summed E-state index contributed by atoms with van der Waals surface area (Å²) in [6.45, 7) is 1.76. The van der Waals surface area contributed by atoms with Crippen LogP contribution in [0.15, 0.2) is 57.7 Å². The van der Waals surface area contributed by atoms with Gasteiger partial charge in [0.2, 0.25) is 5.91 Å².